The summed E-state index contributed by atoms with van der Waals surface area (Å²) in [6.07, 6.45) is 1.84. The van der Waals surface area contributed by atoms with E-state index in [1.807, 2.05) is 41.6 Å². The number of hydrogen-bond acceptors (Lipinski definition) is 5. The minimum Gasteiger partial charge on any atom is -0.253 e. The van der Waals surface area contributed by atoms with Crippen molar-refractivity contribution in [3.8, 4) is 11.3 Å². The molecule has 0 aliphatic rings. The molecular weight excluding hydrogens is 346 g/mol. The monoisotopic (exact) mass is 367 g/mol. The minimum absolute atomic E-state index is 0.688. The van der Waals surface area contributed by atoms with Gasteiger partial charge in [-0.15, -0.1) is 23.1 Å². The predicted octanol–water partition coefficient (Wildman–Crippen LogP) is 6.00. The maximum absolute atomic E-state index is 4.57. The second kappa shape index (κ2) is 8.83. The molecule has 3 aromatic rings. The van der Waals surface area contributed by atoms with Crippen LogP contribution in [0.2, 0.25) is 0 Å². The molecule has 2 aromatic carbocycles. The highest BCUT2D eigenvalue weighted by Crippen LogP contribution is 2.24. The standard InChI is InChI=1S/C20H21N3S2/c1-15(2)13-24-18-10-6-7-16(11-18)12-21-23-20-22-19(14-25-20)17-8-4-3-5-9-17/h3-12,14-15H,13H2,1-2H3,(H,22,23). The molecule has 0 aliphatic heterocycles. The summed E-state index contributed by atoms with van der Waals surface area (Å²) < 4.78 is 0. The molecule has 1 aromatic heterocycles. The molecule has 0 bridgehead atoms. The topological polar surface area (TPSA) is 37.3 Å². The van der Waals surface area contributed by atoms with Crippen molar-refractivity contribution >= 4 is 34.4 Å². The highest BCUT2D eigenvalue weighted by molar-refractivity contribution is 7.99. The first-order valence-corrected chi connectivity index (χ1v) is 10.1. The summed E-state index contributed by atoms with van der Waals surface area (Å²) in [5.41, 5.74) is 6.19. The van der Waals surface area contributed by atoms with E-state index in [2.05, 4.69) is 65.8 Å². The van der Waals surface area contributed by atoms with E-state index < -0.39 is 0 Å². The Bertz CT molecular complexity index is 826. The van der Waals surface area contributed by atoms with Crippen LogP contribution >= 0.6 is 23.1 Å². The van der Waals surface area contributed by atoms with E-state index in [0.717, 1.165) is 27.7 Å². The first-order chi connectivity index (χ1) is 12.2. The SMILES string of the molecule is CC(C)CSc1cccc(C=NNc2nc(-c3ccccc3)cs2)c1. The van der Waals surface area contributed by atoms with Gasteiger partial charge in [-0.25, -0.2) is 4.98 Å². The van der Waals surface area contributed by atoms with Gasteiger partial charge in [0.25, 0.3) is 0 Å². The van der Waals surface area contributed by atoms with Crippen LogP contribution in [0.15, 0.2) is 70.0 Å². The number of rotatable bonds is 7. The number of hydrazone groups is 1. The number of benzene rings is 2. The van der Waals surface area contributed by atoms with E-state index >= 15 is 0 Å². The molecule has 0 saturated heterocycles. The zero-order valence-corrected chi connectivity index (χ0v) is 16.0. The lowest BCUT2D eigenvalue weighted by molar-refractivity contribution is 0.750. The van der Waals surface area contributed by atoms with Gasteiger partial charge in [0.05, 0.1) is 11.9 Å². The van der Waals surface area contributed by atoms with Gasteiger partial charge in [0.1, 0.15) is 0 Å². The van der Waals surface area contributed by atoms with Crippen molar-refractivity contribution in [3.05, 3.63) is 65.5 Å². The molecule has 0 atom stereocenters. The van der Waals surface area contributed by atoms with Crippen LogP contribution in [0.3, 0.4) is 0 Å². The van der Waals surface area contributed by atoms with Crippen LogP contribution < -0.4 is 5.43 Å². The van der Waals surface area contributed by atoms with E-state index in [-0.39, 0.29) is 0 Å². The summed E-state index contributed by atoms with van der Waals surface area (Å²) in [6.45, 7) is 4.47. The van der Waals surface area contributed by atoms with Crippen LogP contribution in [0.5, 0.6) is 0 Å². The average Bonchev–Trinajstić information content (AvgIpc) is 3.10. The Morgan fingerprint density at radius 2 is 2.00 bits per heavy atom. The van der Waals surface area contributed by atoms with Crippen LogP contribution in [-0.4, -0.2) is 17.0 Å². The van der Waals surface area contributed by atoms with Gasteiger partial charge < -0.3 is 0 Å². The van der Waals surface area contributed by atoms with Gasteiger partial charge in [0.15, 0.2) is 0 Å². The highest BCUT2D eigenvalue weighted by Gasteiger charge is 2.03. The maximum Gasteiger partial charge on any atom is 0.203 e. The number of nitrogens with one attached hydrogen (secondary N) is 1. The van der Waals surface area contributed by atoms with Crippen LogP contribution in [0, 0.1) is 5.92 Å². The molecular formula is C20H21N3S2. The zero-order valence-electron chi connectivity index (χ0n) is 14.3. The smallest absolute Gasteiger partial charge is 0.203 e. The summed E-state index contributed by atoms with van der Waals surface area (Å²) in [4.78, 5) is 5.84. The van der Waals surface area contributed by atoms with E-state index in [1.54, 1.807) is 11.3 Å². The van der Waals surface area contributed by atoms with Crippen molar-refractivity contribution in [1.29, 1.82) is 0 Å². The number of thiazole rings is 1. The summed E-state index contributed by atoms with van der Waals surface area (Å²) in [6, 6.07) is 18.6. The Kier molecular flexibility index (Phi) is 6.25. The van der Waals surface area contributed by atoms with Crippen molar-refractivity contribution in [2.24, 2.45) is 11.0 Å². The molecule has 3 nitrogen and oxygen atoms in total. The first kappa shape index (κ1) is 17.7. The van der Waals surface area contributed by atoms with E-state index in [9.17, 15) is 0 Å². The number of hydrogen-bond donors (Lipinski definition) is 1. The van der Waals surface area contributed by atoms with Gasteiger partial charge in [-0.1, -0.05) is 56.3 Å². The Hall–Kier alpha value is -2.11. The van der Waals surface area contributed by atoms with Crippen molar-refractivity contribution in [3.63, 3.8) is 0 Å². The molecule has 5 heteroatoms. The molecule has 25 heavy (non-hydrogen) atoms. The van der Waals surface area contributed by atoms with Crippen LogP contribution in [0.1, 0.15) is 19.4 Å². The quantitative estimate of drug-likeness (QED) is 0.316. The second-order valence-electron chi connectivity index (χ2n) is 6.05. The minimum atomic E-state index is 0.688. The first-order valence-electron chi connectivity index (χ1n) is 8.23. The van der Waals surface area contributed by atoms with E-state index in [4.69, 9.17) is 0 Å². The molecule has 0 unspecified atom stereocenters. The van der Waals surface area contributed by atoms with Crippen LogP contribution in [0.4, 0.5) is 5.13 Å². The molecule has 128 valence electrons. The molecule has 1 N–H and O–H groups in total. The van der Waals surface area contributed by atoms with E-state index in [0.29, 0.717) is 5.92 Å². The number of anilines is 1. The molecule has 0 saturated carbocycles. The van der Waals surface area contributed by atoms with Crippen LogP contribution in [-0.2, 0) is 0 Å². The summed E-state index contributed by atoms with van der Waals surface area (Å²) in [5, 5.41) is 7.15. The normalized spacial score (nSPS) is 11.3. The number of thioether (sulfide) groups is 1. The zero-order chi connectivity index (χ0) is 17.5. The Labute approximate surface area is 157 Å². The highest BCUT2D eigenvalue weighted by atomic mass is 32.2. The fourth-order valence-corrected chi connectivity index (χ4v) is 3.76. The molecule has 3 rings (SSSR count). The van der Waals surface area contributed by atoms with Crippen LogP contribution in [0.25, 0.3) is 11.3 Å². The molecule has 0 radical (unpaired) electrons. The Balaban J connectivity index is 1.60. The van der Waals surface area contributed by atoms with Gasteiger partial charge in [0.2, 0.25) is 5.13 Å². The van der Waals surface area contributed by atoms with Crippen molar-refractivity contribution < 1.29 is 0 Å². The lowest BCUT2D eigenvalue weighted by Gasteiger charge is -2.04. The number of nitrogens with zero attached hydrogens (tertiary/aromatic N) is 2. The predicted molar refractivity (Wildman–Crippen MR) is 111 cm³/mol. The van der Waals surface area contributed by atoms with Crippen molar-refractivity contribution in [2.75, 3.05) is 11.2 Å². The Morgan fingerprint density at radius 1 is 1.16 bits per heavy atom. The van der Waals surface area contributed by atoms with Gasteiger partial charge in [-0.05, 0) is 23.6 Å². The second-order valence-corrected chi connectivity index (χ2v) is 8.00. The molecule has 0 spiro atoms. The van der Waals surface area contributed by atoms with Gasteiger partial charge >= 0.3 is 0 Å². The third-order valence-corrected chi connectivity index (χ3v) is 5.56. The van der Waals surface area contributed by atoms with Crippen molar-refractivity contribution in [2.45, 2.75) is 18.7 Å². The van der Waals surface area contributed by atoms with Crippen molar-refractivity contribution in [1.82, 2.24) is 4.98 Å². The fraction of sp³-hybridized carbons (Fsp3) is 0.200. The van der Waals surface area contributed by atoms with Gasteiger partial charge in [-0.2, -0.15) is 5.10 Å². The lowest BCUT2D eigenvalue weighted by atomic mass is 10.2. The largest absolute Gasteiger partial charge is 0.253 e. The third kappa shape index (κ3) is 5.44. The summed E-state index contributed by atoms with van der Waals surface area (Å²) in [7, 11) is 0. The third-order valence-electron chi connectivity index (χ3n) is 3.39. The molecule has 1 heterocycles. The molecule has 0 aliphatic carbocycles. The summed E-state index contributed by atoms with van der Waals surface area (Å²) >= 11 is 3.44. The van der Waals surface area contributed by atoms with E-state index in [1.165, 1.54) is 4.90 Å². The molecule has 0 amide bonds. The average molecular weight is 368 g/mol. The van der Waals surface area contributed by atoms with Gasteiger partial charge in [0, 0.05) is 21.6 Å². The Morgan fingerprint density at radius 3 is 2.80 bits per heavy atom. The van der Waals surface area contributed by atoms with Gasteiger partial charge in [-0.3, -0.25) is 5.43 Å². The lowest BCUT2D eigenvalue weighted by Crippen LogP contribution is -1.92. The maximum atomic E-state index is 4.57. The number of aromatic nitrogens is 1. The fourth-order valence-electron chi connectivity index (χ4n) is 2.18. The summed E-state index contributed by atoms with van der Waals surface area (Å²) in [5.74, 6) is 1.81. The molecule has 0 fully saturated rings.